The highest BCUT2D eigenvalue weighted by molar-refractivity contribution is 5.99. The first-order valence-corrected chi connectivity index (χ1v) is 6.48. The molecule has 21 heavy (non-hydrogen) atoms. The van der Waals surface area contributed by atoms with Gasteiger partial charge in [-0.3, -0.25) is 14.9 Å². The van der Waals surface area contributed by atoms with Crippen molar-refractivity contribution in [3.05, 3.63) is 27.8 Å². The molecule has 8 nitrogen and oxygen atoms in total. The van der Waals surface area contributed by atoms with Crippen molar-refractivity contribution in [3.63, 3.8) is 0 Å². The maximum absolute atomic E-state index is 12.3. The molecule has 8 heteroatoms. The molecule has 0 unspecified atom stereocenters. The molecule has 1 fully saturated rings. The van der Waals surface area contributed by atoms with Crippen LogP contribution in [0.1, 0.15) is 16.8 Å². The molecule has 114 valence electrons. The highest BCUT2D eigenvalue weighted by atomic mass is 16.6. The van der Waals surface area contributed by atoms with Crippen molar-refractivity contribution >= 4 is 11.6 Å². The van der Waals surface area contributed by atoms with Crippen molar-refractivity contribution in [2.45, 2.75) is 12.5 Å². The number of benzene rings is 1. The smallest absolute Gasteiger partial charge is 0.286 e. The van der Waals surface area contributed by atoms with Crippen LogP contribution in [-0.2, 0) is 0 Å². The molecule has 1 aliphatic heterocycles. The normalized spacial score (nSPS) is 17.3. The number of nitrogens with one attached hydrogen (secondary N) is 2. The molecule has 1 saturated heterocycles. The number of methoxy groups -OCH3 is 2. The molecular weight excluding hydrogens is 278 g/mol. The third-order valence-electron chi connectivity index (χ3n) is 3.34. The van der Waals surface area contributed by atoms with Crippen LogP contribution in [0, 0.1) is 10.1 Å². The molecule has 2 N–H and O–H groups in total. The number of nitrogens with zero attached hydrogens (tertiary/aromatic N) is 1. The second-order valence-corrected chi connectivity index (χ2v) is 4.64. The second kappa shape index (κ2) is 6.40. The van der Waals surface area contributed by atoms with E-state index < -0.39 is 10.8 Å². The monoisotopic (exact) mass is 295 g/mol. The zero-order chi connectivity index (χ0) is 15.4. The highest BCUT2D eigenvalue weighted by Gasteiger charge is 2.26. The van der Waals surface area contributed by atoms with E-state index in [9.17, 15) is 14.9 Å². The summed E-state index contributed by atoms with van der Waals surface area (Å²) in [4.78, 5) is 22.8. The maximum atomic E-state index is 12.3. The van der Waals surface area contributed by atoms with E-state index in [0.717, 1.165) is 13.0 Å². The lowest BCUT2D eigenvalue weighted by Crippen LogP contribution is -2.36. The van der Waals surface area contributed by atoms with E-state index in [2.05, 4.69) is 10.6 Å². The number of amides is 1. The number of carbonyl (C=O) groups is 1. The molecule has 2 rings (SSSR count). The van der Waals surface area contributed by atoms with Crippen LogP contribution in [0.4, 0.5) is 5.69 Å². The van der Waals surface area contributed by atoms with Gasteiger partial charge < -0.3 is 20.1 Å². The van der Waals surface area contributed by atoms with Crippen molar-refractivity contribution in [1.82, 2.24) is 10.6 Å². The largest absolute Gasteiger partial charge is 0.493 e. The third kappa shape index (κ3) is 3.22. The molecule has 1 heterocycles. The van der Waals surface area contributed by atoms with E-state index in [1.54, 1.807) is 0 Å². The summed E-state index contributed by atoms with van der Waals surface area (Å²) in [5.74, 6) is -0.00238. The zero-order valence-electron chi connectivity index (χ0n) is 11.8. The molecule has 0 aromatic heterocycles. The Kier molecular flexibility index (Phi) is 4.59. The number of hydrogen-bond acceptors (Lipinski definition) is 6. The maximum Gasteiger partial charge on any atom is 0.286 e. The minimum atomic E-state index is -0.607. The fourth-order valence-electron chi connectivity index (χ4n) is 2.24. The van der Waals surface area contributed by atoms with E-state index in [4.69, 9.17) is 9.47 Å². The summed E-state index contributed by atoms with van der Waals surface area (Å²) < 4.78 is 10.1. The van der Waals surface area contributed by atoms with E-state index in [1.165, 1.54) is 26.4 Å². The number of nitro groups is 1. The van der Waals surface area contributed by atoms with E-state index in [1.807, 2.05) is 0 Å². The van der Waals surface area contributed by atoms with E-state index >= 15 is 0 Å². The lowest BCUT2D eigenvalue weighted by Gasteiger charge is -2.13. The lowest BCUT2D eigenvalue weighted by molar-refractivity contribution is -0.385. The predicted molar refractivity (Wildman–Crippen MR) is 74.9 cm³/mol. The van der Waals surface area contributed by atoms with Gasteiger partial charge in [0.2, 0.25) is 0 Å². The lowest BCUT2D eigenvalue weighted by atomic mass is 10.1. The van der Waals surface area contributed by atoms with Gasteiger partial charge in [0.25, 0.3) is 11.6 Å². The Labute approximate surface area is 121 Å². The molecule has 1 aromatic carbocycles. The number of rotatable bonds is 5. The molecule has 0 spiro atoms. The average molecular weight is 295 g/mol. The highest BCUT2D eigenvalue weighted by Crippen LogP contribution is 2.34. The first kappa shape index (κ1) is 15.0. The molecule has 1 amide bonds. The van der Waals surface area contributed by atoms with E-state index in [0.29, 0.717) is 6.54 Å². The predicted octanol–water partition coefficient (Wildman–Crippen LogP) is 0.704. The van der Waals surface area contributed by atoms with Gasteiger partial charge in [0, 0.05) is 18.7 Å². The van der Waals surface area contributed by atoms with Crippen LogP contribution in [0.15, 0.2) is 12.1 Å². The van der Waals surface area contributed by atoms with E-state index in [-0.39, 0.29) is 28.8 Å². The fraction of sp³-hybridized carbons (Fsp3) is 0.462. The topological polar surface area (TPSA) is 103 Å². The summed E-state index contributed by atoms with van der Waals surface area (Å²) in [7, 11) is 2.79. The van der Waals surface area contributed by atoms with Crippen LogP contribution in [0.3, 0.4) is 0 Å². The minimum Gasteiger partial charge on any atom is -0.493 e. The molecule has 0 bridgehead atoms. The Balaban J connectivity index is 2.35. The number of hydrogen-bond donors (Lipinski definition) is 2. The molecule has 0 aliphatic carbocycles. The Bertz CT molecular complexity index is 555. The summed E-state index contributed by atoms with van der Waals surface area (Å²) in [6.07, 6.45) is 0.798. The zero-order valence-corrected chi connectivity index (χ0v) is 11.8. The van der Waals surface area contributed by atoms with Crippen LogP contribution in [-0.4, -0.2) is 44.2 Å². The van der Waals surface area contributed by atoms with Crippen molar-refractivity contribution in [3.8, 4) is 11.5 Å². The molecule has 1 atom stereocenters. The van der Waals surface area contributed by atoms with Gasteiger partial charge in [0.15, 0.2) is 11.5 Å². The standard InChI is InChI=1S/C13H17N3O5/c1-20-11-5-9(10(16(18)19)6-12(11)21-2)13(17)15-8-3-4-14-7-8/h5-6,8,14H,3-4,7H2,1-2H3,(H,15,17)/t8-/m0/s1. The first-order valence-electron chi connectivity index (χ1n) is 6.48. The molecule has 1 aliphatic rings. The van der Waals surface area contributed by atoms with Gasteiger partial charge in [0.05, 0.1) is 25.2 Å². The number of ether oxygens (including phenoxy) is 2. The Morgan fingerprint density at radius 3 is 2.57 bits per heavy atom. The average Bonchev–Trinajstić information content (AvgIpc) is 2.98. The Morgan fingerprint density at radius 1 is 1.38 bits per heavy atom. The third-order valence-corrected chi connectivity index (χ3v) is 3.34. The fourth-order valence-corrected chi connectivity index (χ4v) is 2.24. The summed E-state index contributed by atoms with van der Waals surface area (Å²) in [5, 5.41) is 17.0. The van der Waals surface area contributed by atoms with Gasteiger partial charge in [-0.1, -0.05) is 0 Å². The van der Waals surface area contributed by atoms with Crippen LogP contribution in [0.25, 0.3) is 0 Å². The van der Waals surface area contributed by atoms with Crippen LogP contribution in [0.5, 0.6) is 11.5 Å². The van der Waals surface area contributed by atoms with Crippen molar-refractivity contribution < 1.29 is 19.2 Å². The summed E-state index contributed by atoms with van der Waals surface area (Å²) in [5.41, 5.74) is -0.347. The minimum absolute atomic E-state index is 0.0230. The van der Waals surface area contributed by atoms with Crippen molar-refractivity contribution in [1.29, 1.82) is 0 Å². The number of carbonyl (C=O) groups excluding carboxylic acids is 1. The summed E-state index contributed by atoms with van der Waals surface area (Å²) in [6.45, 7) is 1.48. The van der Waals surface area contributed by atoms with Gasteiger partial charge >= 0.3 is 0 Å². The molecule has 0 saturated carbocycles. The van der Waals surface area contributed by atoms with Crippen molar-refractivity contribution in [2.75, 3.05) is 27.3 Å². The Hall–Kier alpha value is -2.35. The van der Waals surface area contributed by atoms with Gasteiger partial charge in [-0.2, -0.15) is 0 Å². The Morgan fingerprint density at radius 2 is 2.05 bits per heavy atom. The molecule has 0 radical (unpaired) electrons. The van der Waals surface area contributed by atoms with Gasteiger partial charge in [0.1, 0.15) is 5.56 Å². The van der Waals surface area contributed by atoms with Crippen LogP contribution in [0.2, 0.25) is 0 Å². The van der Waals surface area contributed by atoms with Crippen LogP contribution >= 0.6 is 0 Å². The SMILES string of the molecule is COc1cc(C(=O)N[C@H]2CCNC2)c([N+](=O)[O-])cc1OC. The first-order chi connectivity index (χ1) is 10.1. The van der Waals surface area contributed by atoms with Gasteiger partial charge in [-0.25, -0.2) is 0 Å². The second-order valence-electron chi connectivity index (χ2n) is 4.64. The van der Waals surface area contributed by atoms with Crippen LogP contribution < -0.4 is 20.1 Å². The number of nitro benzene ring substituents is 1. The molecular formula is C13H17N3O5. The van der Waals surface area contributed by atoms with Gasteiger partial charge in [-0.05, 0) is 13.0 Å². The van der Waals surface area contributed by atoms with Crippen molar-refractivity contribution in [2.24, 2.45) is 0 Å². The molecule has 1 aromatic rings. The summed E-state index contributed by atoms with van der Waals surface area (Å²) in [6, 6.07) is 2.50. The quantitative estimate of drug-likeness (QED) is 0.612. The van der Waals surface area contributed by atoms with Gasteiger partial charge in [-0.15, -0.1) is 0 Å². The summed E-state index contributed by atoms with van der Waals surface area (Å²) >= 11 is 0.